The van der Waals surface area contributed by atoms with Crippen molar-refractivity contribution in [3.63, 3.8) is 0 Å². The maximum absolute atomic E-state index is 13.2. The van der Waals surface area contributed by atoms with Crippen LogP contribution in [-0.4, -0.2) is 5.91 Å². The highest BCUT2D eigenvalue weighted by molar-refractivity contribution is 5.94. The number of anilines is 1. The van der Waals surface area contributed by atoms with Crippen LogP contribution in [0.4, 0.5) is 5.69 Å². The van der Waals surface area contributed by atoms with Gasteiger partial charge in [-0.25, -0.2) is 0 Å². The van der Waals surface area contributed by atoms with Gasteiger partial charge in [-0.3, -0.25) is 4.79 Å². The molecule has 0 radical (unpaired) electrons. The second-order valence-electron chi connectivity index (χ2n) is 7.31. The van der Waals surface area contributed by atoms with Gasteiger partial charge in [-0.15, -0.1) is 0 Å². The van der Waals surface area contributed by atoms with Gasteiger partial charge in [0, 0.05) is 17.5 Å². The van der Waals surface area contributed by atoms with Crippen LogP contribution < -0.4 is 5.32 Å². The molecule has 0 heterocycles. The number of fused-ring (bicyclic) bond motifs is 1. The minimum Gasteiger partial charge on any atom is -0.326 e. The van der Waals surface area contributed by atoms with Crippen molar-refractivity contribution in [3.05, 3.63) is 101 Å². The predicted molar refractivity (Wildman–Crippen MR) is 104 cm³/mol. The van der Waals surface area contributed by atoms with Gasteiger partial charge in [0.2, 0.25) is 5.91 Å². The van der Waals surface area contributed by atoms with Crippen molar-refractivity contribution in [2.24, 2.45) is 5.92 Å². The first kappa shape index (κ1) is 15.8. The number of hydrogen-bond acceptors (Lipinski definition) is 2. The number of nitrogens with zero attached hydrogens (tertiary/aromatic N) is 1. The molecule has 3 aromatic rings. The number of rotatable bonds is 2. The summed E-state index contributed by atoms with van der Waals surface area (Å²) in [4.78, 5) is 13.2. The largest absolute Gasteiger partial charge is 0.326 e. The second kappa shape index (κ2) is 6.10. The lowest BCUT2D eigenvalue weighted by atomic mass is 9.59. The van der Waals surface area contributed by atoms with Crippen molar-refractivity contribution in [1.29, 1.82) is 5.26 Å². The average Bonchev–Trinajstić information content (AvgIpc) is 2.74. The maximum Gasteiger partial charge on any atom is 0.228 e. The van der Waals surface area contributed by atoms with Gasteiger partial charge in [0.05, 0.1) is 17.6 Å². The fraction of sp³-hybridized carbons (Fsp3) is 0.167. The Morgan fingerprint density at radius 2 is 1.41 bits per heavy atom. The third-order valence-electron chi connectivity index (χ3n) is 5.92. The van der Waals surface area contributed by atoms with Crippen LogP contribution in [-0.2, 0) is 4.79 Å². The van der Waals surface area contributed by atoms with E-state index in [-0.39, 0.29) is 23.7 Å². The minimum absolute atomic E-state index is 0.0544. The standard InChI is InChI=1S/C24H18N2O/c25-14-15-9-11-16(12-10-15)26-24(27)22-13-21-17-5-1-3-7-19(17)23(22)20-8-4-2-6-18(20)21/h1-12,21-23H,13H2,(H,26,27). The summed E-state index contributed by atoms with van der Waals surface area (Å²) in [7, 11) is 0. The van der Waals surface area contributed by atoms with Crippen molar-refractivity contribution in [1.82, 2.24) is 0 Å². The van der Waals surface area contributed by atoms with E-state index < -0.39 is 0 Å². The van der Waals surface area contributed by atoms with Gasteiger partial charge in [0.1, 0.15) is 0 Å². The molecule has 3 aliphatic rings. The summed E-state index contributed by atoms with van der Waals surface area (Å²) >= 11 is 0. The van der Waals surface area contributed by atoms with E-state index in [4.69, 9.17) is 5.26 Å². The molecule has 27 heavy (non-hydrogen) atoms. The first-order valence-corrected chi connectivity index (χ1v) is 9.25. The van der Waals surface area contributed by atoms with Crippen molar-refractivity contribution in [2.45, 2.75) is 18.3 Å². The SMILES string of the molecule is N#Cc1ccc(NC(=O)C2CC3c4ccccc4C2c2ccccc23)cc1. The van der Waals surface area contributed by atoms with Gasteiger partial charge in [0.25, 0.3) is 0 Å². The molecule has 3 aliphatic carbocycles. The van der Waals surface area contributed by atoms with E-state index in [2.05, 4.69) is 59.9 Å². The summed E-state index contributed by atoms with van der Waals surface area (Å²) in [6, 6.07) is 26.2. The van der Waals surface area contributed by atoms with Gasteiger partial charge >= 0.3 is 0 Å². The molecule has 0 fully saturated rings. The summed E-state index contributed by atoms with van der Waals surface area (Å²) in [5.74, 6) is 0.342. The lowest BCUT2D eigenvalue weighted by molar-refractivity contribution is -0.121. The topological polar surface area (TPSA) is 52.9 Å². The van der Waals surface area contributed by atoms with Crippen LogP contribution >= 0.6 is 0 Å². The van der Waals surface area contributed by atoms with Crippen LogP contribution in [0, 0.1) is 17.2 Å². The Hall–Kier alpha value is -3.38. The molecule has 1 unspecified atom stereocenters. The number of amides is 1. The van der Waals surface area contributed by atoms with E-state index >= 15 is 0 Å². The number of carbonyl (C=O) groups is 1. The Morgan fingerprint density at radius 3 is 1.96 bits per heavy atom. The van der Waals surface area contributed by atoms with Crippen molar-refractivity contribution < 1.29 is 4.79 Å². The molecular weight excluding hydrogens is 332 g/mol. The third-order valence-corrected chi connectivity index (χ3v) is 5.92. The van der Waals surface area contributed by atoms with Gasteiger partial charge in [-0.1, -0.05) is 48.5 Å². The van der Waals surface area contributed by atoms with Crippen LogP contribution in [0.15, 0.2) is 72.8 Å². The highest BCUT2D eigenvalue weighted by Crippen LogP contribution is 2.55. The van der Waals surface area contributed by atoms with Gasteiger partial charge in [-0.2, -0.15) is 5.26 Å². The van der Waals surface area contributed by atoms with Crippen molar-refractivity contribution >= 4 is 11.6 Å². The summed E-state index contributed by atoms with van der Waals surface area (Å²) in [5, 5.41) is 12.0. The molecule has 0 aromatic heterocycles. The fourth-order valence-electron chi connectivity index (χ4n) is 4.76. The molecule has 0 aliphatic heterocycles. The van der Waals surface area contributed by atoms with Gasteiger partial charge in [0.15, 0.2) is 0 Å². The van der Waals surface area contributed by atoms with Gasteiger partial charge < -0.3 is 5.32 Å². The predicted octanol–water partition coefficient (Wildman–Crippen LogP) is 4.79. The molecule has 3 nitrogen and oxygen atoms in total. The Labute approximate surface area is 158 Å². The van der Waals surface area contributed by atoms with E-state index in [1.807, 2.05) is 0 Å². The van der Waals surface area contributed by atoms with Crippen LogP contribution in [0.25, 0.3) is 0 Å². The van der Waals surface area contributed by atoms with Gasteiger partial charge in [-0.05, 0) is 52.9 Å². The number of hydrogen-bond donors (Lipinski definition) is 1. The summed E-state index contributed by atoms with van der Waals surface area (Å²) in [5.41, 5.74) is 6.63. The monoisotopic (exact) mass is 350 g/mol. The molecule has 0 saturated heterocycles. The normalized spacial score (nSPS) is 21.7. The molecule has 2 bridgehead atoms. The fourth-order valence-corrected chi connectivity index (χ4v) is 4.76. The highest BCUT2D eigenvalue weighted by atomic mass is 16.1. The second-order valence-corrected chi connectivity index (χ2v) is 7.31. The molecule has 3 heteroatoms. The smallest absolute Gasteiger partial charge is 0.228 e. The zero-order valence-corrected chi connectivity index (χ0v) is 14.7. The Bertz CT molecular complexity index is 1030. The molecule has 0 saturated carbocycles. The quantitative estimate of drug-likeness (QED) is 0.722. The first-order chi connectivity index (χ1) is 13.3. The lowest BCUT2D eigenvalue weighted by Gasteiger charge is -2.44. The van der Waals surface area contributed by atoms with E-state index in [1.54, 1.807) is 24.3 Å². The molecule has 0 spiro atoms. The van der Waals surface area contributed by atoms with Crippen molar-refractivity contribution in [2.75, 3.05) is 5.32 Å². The zero-order valence-electron chi connectivity index (χ0n) is 14.7. The number of benzene rings is 3. The summed E-state index contributed by atoms with van der Waals surface area (Å²) in [6.45, 7) is 0. The van der Waals surface area contributed by atoms with Crippen LogP contribution in [0.5, 0.6) is 0 Å². The molecular formula is C24H18N2O. The Balaban J connectivity index is 1.51. The number of nitriles is 1. The zero-order chi connectivity index (χ0) is 18.4. The van der Waals surface area contributed by atoms with Crippen LogP contribution in [0.2, 0.25) is 0 Å². The number of carbonyl (C=O) groups excluding carboxylic acids is 1. The third kappa shape index (κ3) is 2.45. The average molecular weight is 350 g/mol. The van der Waals surface area contributed by atoms with E-state index in [0.29, 0.717) is 5.56 Å². The van der Waals surface area contributed by atoms with E-state index in [0.717, 1.165) is 12.1 Å². The first-order valence-electron chi connectivity index (χ1n) is 9.25. The summed E-state index contributed by atoms with van der Waals surface area (Å²) in [6.07, 6.45) is 0.834. The molecule has 1 atom stereocenters. The highest BCUT2D eigenvalue weighted by Gasteiger charge is 2.45. The molecule has 3 aromatic carbocycles. The molecule has 1 amide bonds. The minimum atomic E-state index is -0.0876. The molecule has 130 valence electrons. The Morgan fingerprint density at radius 1 is 0.852 bits per heavy atom. The number of nitrogens with one attached hydrogen (secondary N) is 1. The van der Waals surface area contributed by atoms with E-state index in [9.17, 15) is 4.79 Å². The van der Waals surface area contributed by atoms with Crippen molar-refractivity contribution in [3.8, 4) is 6.07 Å². The molecule has 6 rings (SSSR count). The molecule has 1 N–H and O–H groups in total. The van der Waals surface area contributed by atoms with Crippen LogP contribution in [0.1, 0.15) is 46.1 Å². The Kier molecular flexibility index (Phi) is 3.58. The lowest BCUT2D eigenvalue weighted by Crippen LogP contribution is -2.38. The van der Waals surface area contributed by atoms with Crippen LogP contribution in [0.3, 0.4) is 0 Å². The maximum atomic E-state index is 13.2. The van der Waals surface area contributed by atoms with E-state index in [1.165, 1.54) is 22.3 Å². The summed E-state index contributed by atoms with van der Waals surface area (Å²) < 4.78 is 0.